The van der Waals surface area contributed by atoms with Crippen molar-refractivity contribution < 1.29 is 0 Å². The lowest BCUT2D eigenvalue weighted by molar-refractivity contribution is 0.544. The van der Waals surface area contributed by atoms with Gasteiger partial charge in [-0.25, -0.2) is 4.98 Å². The van der Waals surface area contributed by atoms with Gasteiger partial charge in [0, 0.05) is 17.2 Å². The quantitative estimate of drug-likeness (QED) is 0.784. The third kappa shape index (κ3) is 4.97. The molecule has 0 aliphatic heterocycles. The van der Waals surface area contributed by atoms with E-state index in [1.165, 1.54) is 24.8 Å². The van der Waals surface area contributed by atoms with Gasteiger partial charge in [0.25, 0.3) is 0 Å². The van der Waals surface area contributed by atoms with E-state index in [0.29, 0.717) is 0 Å². The van der Waals surface area contributed by atoms with E-state index < -0.39 is 0 Å². The van der Waals surface area contributed by atoms with Crippen LogP contribution in [0.2, 0.25) is 0 Å². The molecule has 0 saturated heterocycles. The Kier molecular flexibility index (Phi) is 5.81. The molecule has 0 amide bonds. The zero-order valence-electron chi connectivity index (χ0n) is 10.4. The summed E-state index contributed by atoms with van der Waals surface area (Å²) in [6.07, 6.45) is 5.68. The van der Waals surface area contributed by atoms with E-state index in [2.05, 4.69) is 53.1 Å². The summed E-state index contributed by atoms with van der Waals surface area (Å²) in [6.45, 7) is 7.64. The number of pyridine rings is 1. The second-order valence-electron chi connectivity index (χ2n) is 4.64. The van der Waals surface area contributed by atoms with E-state index in [0.717, 1.165) is 22.8 Å². The van der Waals surface area contributed by atoms with Crippen LogP contribution in [0.4, 0.5) is 5.82 Å². The number of aryl methyl sites for hydroxylation is 1. The van der Waals surface area contributed by atoms with E-state index in [4.69, 9.17) is 0 Å². The summed E-state index contributed by atoms with van der Waals surface area (Å²) in [5.41, 5.74) is 1.22. The molecule has 16 heavy (non-hydrogen) atoms. The third-order valence-electron chi connectivity index (χ3n) is 2.56. The van der Waals surface area contributed by atoms with E-state index in [1.54, 1.807) is 0 Å². The molecule has 0 unspecified atom stereocenters. The maximum absolute atomic E-state index is 4.31. The first-order valence-corrected chi connectivity index (χ1v) is 6.75. The predicted molar refractivity (Wildman–Crippen MR) is 73.9 cm³/mol. The molecular formula is C13H21BrN2. The number of rotatable bonds is 6. The Bertz CT molecular complexity index is 324. The van der Waals surface area contributed by atoms with Crippen LogP contribution in [0.15, 0.2) is 16.7 Å². The molecule has 1 heterocycles. The fourth-order valence-electron chi connectivity index (χ4n) is 1.53. The van der Waals surface area contributed by atoms with Gasteiger partial charge in [-0.3, -0.25) is 0 Å². The van der Waals surface area contributed by atoms with Gasteiger partial charge in [0.15, 0.2) is 0 Å². The van der Waals surface area contributed by atoms with Gasteiger partial charge in [-0.2, -0.15) is 0 Å². The molecule has 0 aliphatic rings. The number of anilines is 1. The Hall–Kier alpha value is -0.570. The van der Waals surface area contributed by atoms with Crippen LogP contribution < -0.4 is 5.32 Å². The molecule has 3 heteroatoms. The molecular weight excluding hydrogens is 264 g/mol. The van der Waals surface area contributed by atoms with Crippen LogP contribution in [0.25, 0.3) is 0 Å². The summed E-state index contributed by atoms with van der Waals surface area (Å²) >= 11 is 3.45. The van der Waals surface area contributed by atoms with Crippen molar-refractivity contribution in [2.24, 2.45) is 5.92 Å². The van der Waals surface area contributed by atoms with Crippen molar-refractivity contribution in [3.8, 4) is 0 Å². The minimum absolute atomic E-state index is 0.813. The lowest BCUT2D eigenvalue weighted by atomic mass is 10.1. The van der Waals surface area contributed by atoms with Crippen molar-refractivity contribution in [1.82, 2.24) is 4.98 Å². The Balaban J connectivity index is 2.24. The summed E-state index contributed by atoms with van der Waals surface area (Å²) in [5, 5.41) is 3.35. The van der Waals surface area contributed by atoms with Gasteiger partial charge in [-0.1, -0.05) is 26.7 Å². The molecule has 0 fully saturated rings. The lowest BCUT2D eigenvalue weighted by Gasteiger charge is -2.08. The maximum atomic E-state index is 4.31. The Morgan fingerprint density at radius 3 is 2.75 bits per heavy atom. The van der Waals surface area contributed by atoms with Crippen LogP contribution in [-0.2, 0) is 0 Å². The molecule has 1 rings (SSSR count). The first kappa shape index (κ1) is 13.5. The highest BCUT2D eigenvalue weighted by atomic mass is 79.9. The highest BCUT2D eigenvalue weighted by Gasteiger charge is 1.98. The van der Waals surface area contributed by atoms with Crippen molar-refractivity contribution >= 4 is 21.7 Å². The fourth-order valence-corrected chi connectivity index (χ4v) is 1.75. The van der Waals surface area contributed by atoms with E-state index in [1.807, 2.05) is 6.20 Å². The number of halogens is 1. The highest BCUT2D eigenvalue weighted by molar-refractivity contribution is 9.10. The van der Waals surface area contributed by atoms with Crippen LogP contribution in [-0.4, -0.2) is 11.5 Å². The molecule has 2 nitrogen and oxygen atoms in total. The molecule has 0 aromatic carbocycles. The molecule has 0 bridgehead atoms. The zero-order chi connectivity index (χ0) is 12.0. The largest absolute Gasteiger partial charge is 0.370 e. The monoisotopic (exact) mass is 284 g/mol. The molecule has 0 saturated carbocycles. The van der Waals surface area contributed by atoms with Gasteiger partial charge >= 0.3 is 0 Å². The lowest BCUT2D eigenvalue weighted by Crippen LogP contribution is -2.04. The Morgan fingerprint density at radius 2 is 2.12 bits per heavy atom. The molecule has 1 N–H and O–H groups in total. The fraction of sp³-hybridized carbons (Fsp3) is 0.615. The van der Waals surface area contributed by atoms with Crippen molar-refractivity contribution in [3.05, 3.63) is 22.3 Å². The van der Waals surface area contributed by atoms with Crippen molar-refractivity contribution in [1.29, 1.82) is 0 Å². The van der Waals surface area contributed by atoms with E-state index in [-0.39, 0.29) is 0 Å². The van der Waals surface area contributed by atoms with Gasteiger partial charge in [0.05, 0.1) is 0 Å². The molecule has 1 aromatic rings. The van der Waals surface area contributed by atoms with E-state index in [9.17, 15) is 0 Å². The molecule has 90 valence electrons. The topological polar surface area (TPSA) is 24.9 Å². The van der Waals surface area contributed by atoms with E-state index >= 15 is 0 Å². The number of hydrogen-bond acceptors (Lipinski definition) is 2. The summed E-state index contributed by atoms with van der Waals surface area (Å²) in [4.78, 5) is 4.31. The van der Waals surface area contributed by atoms with Gasteiger partial charge in [-0.05, 0) is 46.8 Å². The van der Waals surface area contributed by atoms with Crippen molar-refractivity contribution in [2.45, 2.75) is 40.0 Å². The second kappa shape index (κ2) is 6.89. The summed E-state index contributed by atoms with van der Waals surface area (Å²) < 4.78 is 1.07. The normalized spacial score (nSPS) is 10.8. The highest BCUT2D eigenvalue weighted by Crippen LogP contribution is 2.17. The number of unbranched alkanes of at least 4 members (excludes halogenated alkanes) is 1. The number of aromatic nitrogens is 1. The van der Waals surface area contributed by atoms with Crippen molar-refractivity contribution in [2.75, 3.05) is 11.9 Å². The van der Waals surface area contributed by atoms with Crippen molar-refractivity contribution in [3.63, 3.8) is 0 Å². The number of nitrogens with one attached hydrogen (secondary N) is 1. The van der Waals surface area contributed by atoms with Gasteiger partial charge in [0.2, 0.25) is 0 Å². The predicted octanol–water partition coefficient (Wildman–Crippen LogP) is 4.39. The van der Waals surface area contributed by atoms with Crippen LogP contribution in [0.5, 0.6) is 0 Å². The third-order valence-corrected chi connectivity index (χ3v) is 3.39. The minimum atomic E-state index is 0.813. The molecule has 0 radical (unpaired) electrons. The molecule has 0 atom stereocenters. The first-order valence-electron chi connectivity index (χ1n) is 5.95. The SMILES string of the molecule is Cc1cc(NCCCCC(C)C)ncc1Br. The average molecular weight is 285 g/mol. The molecule has 1 aromatic heterocycles. The van der Waals surface area contributed by atoms with Gasteiger partial charge < -0.3 is 5.32 Å². The molecule has 0 aliphatic carbocycles. The second-order valence-corrected chi connectivity index (χ2v) is 5.49. The van der Waals surface area contributed by atoms with Gasteiger partial charge in [-0.15, -0.1) is 0 Å². The Morgan fingerprint density at radius 1 is 1.38 bits per heavy atom. The summed E-state index contributed by atoms with van der Waals surface area (Å²) in [6, 6.07) is 2.08. The number of nitrogens with zero attached hydrogens (tertiary/aromatic N) is 1. The Labute approximate surface area is 107 Å². The van der Waals surface area contributed by atoms with Crippen LogP contribution in [0.3, 0.4) is 0 Å². The minimum Gasteiger partial charge on any atom is -0.370 e. The van der Waals surface area contributed by atoms with Crippen LogP contribution >= 0.6 is 15.9 Å². The van der Waals surface area contributed by atoms with Gasteiger partial charge in [0.1, 0.15) is 5.82 Å². The maximum Gasteiger partial charge on any atom is 0.126 e. The smallest absolute Gasteiger partial charge is 0.126 e. The summed E-state index contributed by atoms with van der Waals surface area (Å²) in [7, 11) is 0. The number of hydrogen-bond donors (Lipinski definition) is 1. The first-order chi connectivity index (χ1) is 7.59. The van der Waals surface area contributed by atoms with Crippen LogP contribution in [0.1, 0.15) is 38.7 Å². The molecule has 0 spiro atoms. The zero-order valence-corrected chi connectivity index (χ0v) is 12.0. The summed E-state index contributed by atoms with van der Waals surface area (Å²) in [5.74, 6) is 1.79. The standard InChI is InChI=1S/C13H21BrN2/c1-10(2)6-4-5-7-15-13-8-11(3)12(14)9-16-13/h8-10H,4-7H2,1-3H3,(H,15,16). The average Bonchev–Trinajstić information content (AvgIpc) is 2.22. The van der Waals surface area contributed by atoms with Crippen LogP contribution in [0, 0.1) is 12.8 Å².